The number of aromatic amines is 1. The molecule has 0 aliphatic carbocycles. The summed E-state index contributed by atoms with van der Waals surface area (Å²) in [6.07, 6.45) is 1.93. The van der Waals surface area contributed by atoms with Gasteiger partial charge in [0.1, 0.15) is 5.82 Å². The first-order valence-electron chi connectivity index (χ1n) is 5.84. The number of hydrogen-bond acceptors (Lipinski definition) is 4. The van der Waals surface area contributed by atoms with E-state index in [1.807, 2.05) is 6.20 Å². The zero-order valence-corrected chi connectivity index (χ0v) is 10.6. The Labute approximate surface area is 105 Å². The molecule has 2 aromatic rings. The van der Waals surface area contributed by atoms with Gasteiger partial charge in [0.05, 0.1) is 22.8 Å². The zero-order chi connectivity index (χ0) is 11.7. The van der Waals surface area contributed by atoms with Crippen LogP contribution in [0.15, 0.2) is 23.7 Å². The van der Waals surface area contributed by atoms with Crippen LogP contribution in [0.4, 0.5) is 0 Å². The summed E-state index contributed by atoms with van der Waals surface area (Å²) < 4.78 is 0. The van der Waals surface area contributed by atoms with Gasteiger partial charge in [-0.1, -0.05) is 6.07 Å². The minimum atomic E-state index is 0.359. The molecule has 1 atom stereocenters. The Morgan fingerprint density at radius 2 is 2.47 bits per heavy atom. The van der Waals surface area contributed by atoms with Crippen LogP contribution in [0.1, 0.15) is 11.9 Å². The van der Waals surface area contributed by atoms with Gasteiger partial charge >= 0.3 is 0 Å². The number of thiophene rings is 1. The molecule has 0 saturated carbocycles. The molecule has 1 fully saturated rings. The average Bonchev–Trinajstić information content (AvgIpc) is 3.00. The van der Waals surface area contributed by atoms with E-state index in [-0.39, 0.29) is 0 Å². The number of imidazole rings is 1. The number of nitrogens with zero attached hydrogens (tertiary/aromatic N) is 2. The van der Waals surface area contributed by atoms with Crippen molar-refractivity contribution < 1.29 is 0 Å². The maximum atomic E-state index is 4.52. The molecule has 0 spiro atoms. The molecule has 0 amide bonds. The number of piperazine rings is 1. The number of aromatic nitrogens is 2. The van der Waals surface area contributed by atoms with Gasteiger partial charge in [0.15, 0.2) is 0 Å². The number of likely N-dealkylation sites (N-methyl/N-ethyl adjacent to an activating group) is 1. The van der Waals surface area contributed by atoms with Crippen molar-refractivity contribution in [3.8, 4) is 10.6 Å². The quantitative estimate of drug-likeness (QED) is 0.850. The zero-order valence-electron chi connectivity index (χ0n) is 9.81. The van der Waals surface area contributed by atoms with Crippen LogP contribution in [0.3, 0.4) is 0 Å². The van der Waals surface area contributed by atoms with Gasteiger partial charge in [-0.2, -0.15) is 0 Å². The van der Waals surface area contributed by atoms with Gasteiger partial charge in [-0.3, -0.25) is 4.90 Å². The third kappa shape index (κ3) is 2.13. The molecular weight excluding hydrogens is 232 g/mol. The van der Waals surface area contributed by atoms with Gasteiger partial charge in [0, 0.05) is 19.6 Å². The lowest BCUT2D eigenvalue weighted by molar-refractivity contribution is 0.195. The highest BCUT2D eigenvalue weighted by atomic mass is 32.1. The fourth-order valence-corrected chi connectivity index (χ4v) is 2.87. The number of nitrogens with one attached hydrogen (secondary N) is 2. The fraction of sp³-hybridized carbons (Fsp3) is 0.417. The molecule has 1 aliphatic heterocycles. The van der Waals surface area contributed by atoms with Crippen LogP contribution < -0.4 is 5.32 Å². The van der Waals surface area contributed by atoms with E-state index in [1.54, 1.807) is 11.3 Å². The predicted molar refractivity (Wildman–Crippen MR) is 70.1 cm³/mol. The standard InChI is InChI=1S/C12H16N4S/c1-16-5-4-13-8-10(16)12-14-7-9(15-12)11-3-2-6-17-11/h2-3,6-7,10,13H,4-5,8H2,1H3,(H,14,15). The summed E-state index contributed by atoms with van der Waals surface area (Å²) in [6, 6.07) is 4.54. The van der Waals surface area contributed by atoms with Crippen LogP contribution in [0, 0.1) is 0 Å². The molecule has 1 saturated heterocycles. The smallest absolute Gasteiger partial charge is 0.125 e. The molecule has 1 aliphatic rings. The van der Waals surface area contributed by atoms with Crippen LogP contribution in [-0.4, -0.2) is 41.5 Å². The minimum absolute atomic E-state index is 0.359. The van der Waals surface area contributed by atoms with Crippen LogP contribution in [0.5, 0.6) is 0 Å². The molecule has 1 unspecified atom stereocenters. The van der Waals surface area contributed by atoms with Crippen molar-refractivity contribution >= 4 is 11.3 Å². The van der Waals surface area contributed by atoms with E-state index in [4.69, 9.17) is 0 Å². The summed E-state index contributed by atoms with van der Waals surface area (Å²) in [4.78, 5) is 11.5. The molecular formula is C12H16N4S. The molecule has 0 radical (unpaired) electrons. The first kappa shape index (κ1) is 11.0. The summed E-state index contributed by atoms with van der Waals surface area (Å²) in [5.41, 5.74) is 1.12. The van der Waals surface area contributed by atoms with E-state index in [0.29, 0.717) is 6.04 Å². The van der Waals surface area contributed by atoms with Crippen LogP contribution in [0.25, 0.3) is 10.6 Å². The van der Waals surface area contributed by atoms with Crippen molar-refractivity contribution in [2.75, 3.05) is 26.7 Å². The lowest BCUT2D eigenvalue weighted by Crippen LogP contribution is -2.44. The first-order chi connectivity index (χ1) is 8.34. The molecule has 17 heavy (non-hydrogen) atoms. The lowest BCUT2D eigenvalue weighted by atomic mass is 10.2. The van der Waals surface area contributed by atoms with E-state index in [1.165, 1.54) is 4.88 Å². The third-order valence-electron chi connectivity index (χ3n) is 3.21. The first-order valence-corrected chi connectivity index (χ1v) is 6.72. The molecule has 3 rings (SSSR count). The van der Waals surface area contributed by atoms with Gasteiger partial charge in [-0.05, 0) is 18.5 Å². The Hall–Kier alpha value is -1.17. The normalized spacial score (nSPS) is 21.8. The third-order valence-corrected chi connectivity index (χ3v) is 4.11. The topological polar surface area (TPSA) is 44.0 Å². The van der Waals surface area contributed by atoms with Crippen molar-refractivity contribution in [3.05, 3.63) is 29.5 Å². The number of H-pyrrole nitrogens is 1. The molecule has 4 nitrogen and oxygen atoms in total. The Morgan fingerprint density at radius 3 is 3.24 bits per heavy atom. The maximum Gasteiger partial charge on any atom is 0.125 e. The maximum absolute atomic E-state index is 4.52. The lowest BCUT2D eigenvalue weighted by Gasteiger charge is -2.31. The highest BCUT2D eigenvalue weighted by Gasteiger charge is 2.23. The molecule has 0 aromatic carbocycles. The predicted octanol–water partition coefficient (Wildman–Crippen LogP) is 1.71. The number of rotatable bonds is 2. The van der Waals surface area contributed by atoms with E-state index in [0.717, 1.165) is 31.2 Å². The summed E-state index contributed by atoms with van der Waals surface area (Å²) in [7, 11) is 2.15. The summed E-state index contributed by atoms with van der Waals surface area (Å²) in [6.45, 7) is 3.10. The number of hydrogen-bond donors (Lipinski definition) is 2. The van der Waals surface area contributed by atoms with E-state index < -0.39 is 0 Å². The van der Waals surface area contributed by atoms with Gasteiger partial charge in [-0.25, -0.2) is 4.98 Å². The summed E-state index contributed by atoms with van der Waals surface area (Å²) in [5, 5.41) is 5.50. The summed E-state index contributed by atoms with van der Waals surface area (Å²) in [5.74, 6) is 1.06. The minimum Gasteiger partial charge on any atom is -0.340 e. The van der Waals surface area contributed by atoms with Gasteiger partial charge < -0.3 is 10.3 Å². The van der Waals surface area contributed by atoms with E-state index in [2.05, 4.69) is 44.7 Å². The van der Waals surface area contributed by atoms with Crippen molar-refractivity contribution in [1.82, 2.24) is 20.2 Å². The van der Waals surface area contributed by atoms with E-state index in [9.17, 15) is 0 Å². The SMILES string of the molecule is CN1CCNCC1c1ncc(-c2cccs2)[nH]1. The second-order valence-corrected chi connectivity index (χ2v) is 5.31. The van der Waals surface area contributed by atoms with E-state index >= 15 is 0 Å². The second kappa shape index (κ2) is 4.60. The van der Waals surface area contributed by atoms with Crippen molar-refractivity contribution in [2.24, 2.45) is 0 Å². The summed E-state index contributed by atoms with van der Waals surface area (Å²) >= 11 is 1.74. The molecule has 0 bridgehead atoms. The van der Waals surface area contributed by atoms with Crippen molar-refractivity contribution in [3.63, 3.8) is 0 Å². The molecule has 3 heterocycles. The highest BCUT2D eigenvalue weighted by Crippen LogP contribution is 2.25. The Balaban J connectivity index is 1.84. The Kier molecular flexibility index (Phi) is 2.96. The Morgan fingerprint density at radius 1 is 1.53 bits per heavy atom. The second-order valence-electron chi connectivity index (χ2n) is 4.36. The van der Waals surface area contributed by atoms with Crippen molar-refractivity contribution in [2.45, 2.75) is 6.04 Å². The molecule has 2 N–H and O–H groups in total. The van der Waals surface area contributed by atoms with Crippen LogP contribution >= 0.6 is 11.3 Å². The van der Waals surface area contributed by atoms with Crippen LogP contribution in [-0.2, 0) is 0 Å². The fourth-order valence-electron chi connectivity index (χ4n) is 2.17. The monoisotopic (exact) mass is 248 g/mol. The average molecular weight is 248 g/mol. The van der Waals surface area contributed by atoms with Gasteiger partial charge in [0.25, 0.3) is 0 Å². The highest BCUT2D eigenvalue weighted by molar-refractivity contribution is 7.13. The molecule has 90 valence electrons. The Bertz CT molecular complexity index is 476. The van der Waals surface area contributed by atoms with Gasteiger partial charge in [0.2, 0.25) is 0 Å². The molecule has 2 aromatic heterocycles. The largest absolute Gasteiger partial charge is 0.340 e. The molecule has 5 heteroatoms. The van der Waals surface area contributed by atoms with Gasteiger partial charge in [-0.15, -0.1) is 11.3 Å². The van der Waals surface area contributed by atoms with Crippen molar-refractivity contribution in [1.29, 1.82) is 0 Å². The van der Waals surface area contributed by atoms with Crippen LogP contribution in [0.2, 0.25) is 0 Å².